The van der Waals surface area contributed by atoms with E-state index in [-0.39, 0.29) is 17.9 Å². The summed E-state index contributed by atoms with van der Waals surface area (Å²) in [6.07, 6.45) is 7.99. The predicted molar refractivity (Wildman–Crippen MR) is 88.6 cm³/mol. The zero-order valence-corrected chi connectivity index (χ0v) is 13.9. The third-order valence-electron chi connectivity index (χ3n) is 5.39. The summed E-state index contributed by atoms with van der Waals surface area (Å²) in [7, 11) is 0. The van der Waals surface area contributed by atoms with E-state index in [1.54, 1.807) is 0 Å². The Kier molecular flexibility index (Phi) is 5.28. The minimum atomic E-state index is -0.197. The van der Waals surface area contributed by atoms with Gasteiger partial charge in [0.2, 0.25) is 5.91 Å². The number of primary amides is 1. The summed E-state index contributed by atoms with van der Waals surface area (Å²) in [5.74, 6) is 0.370. The number of carbonyl (C=O) groups is 1. The van der Waals surface area contributed by atoms with Crippen LogP contribution in [0.15, 0.2) is 18.5 Å². The fourth-order valence-electron chi connectivity index (χ4n) is 3.82. The number of aromatic nitrogens is 1. The van der Waals surface area contributed by atoms with Crippen LogP contribution in [0.5, 0.6) is 0 Å². The lowest BCUT2D eigenvalue weighted by Crippen LogP contribution is -2.37. The smallest absolute Gasteiger partial charge is 0.223 e. The molecular formula is C18H27N3O2. The van der Waals surface area contributed by atoms with Gasteiger partial charge in [-0.05, 0) is 68.8 Å². The molecule has 0 unspecified atom stereocenters. The molecule has 126 valence electrons. The third kappa shape index (κ3) is 4.09. The molecule has 1 aromatic rings. The lowest BCUT2D eigenvalue weighted by molar-refractivity contribution is -0.123. The van der Waals surface area contributed by atoms with E-state index in [4.69, 9.17) is 10.5 Å². The number of rotatable bonds is 5. The standard InChI is InChI=1S/C18H27N3O2/c1-13-2-6-20-11-15(13)12-21-7-3-14(4-8-21)10-17-16(18(19)22)5-9-23-17/h2,6,11,14,16-17H,3-5,7-10,12H2,1H3,(H2,19,22)/t16-,17-/m1/s1. The summed E-state index contributed by atoms with van der Waals surface area (Å²) in [5.41, 5.74) is 8.11. The van der Waals surface area contributed by atoms with Crippen LogP contribution in [0.2, 0.25) is 0 Å². The van der Waals surface area contributed by atoms with Crippen LogP contribution >= 0.6 is 0 Å². The molecule has 0 aliphatic carbocycles. The number of ether oxygens (including phenoxy) is 1. The first kappa shape index (κ1) is 16.4. The van der Waals surface area contributed by atoms with Crippen LogP contribution in [0.3, 0.4) is 0 Å². The highest BCUT2D eigenvalue weighted by atomic mass is 16.5. The van der Waals surface area contributed by atoms with Crippen LogP contribution in [0, 0.1) is 18.8 Å². The summed E-state index contributed by atoms with van der Waals surface area (Å²) in [4.78, 5) is 18.2. The maximum atomic E-state index is 11.5. The average molecular weight is 317 g/mol. The number of nitrogens with two attached hydrogens (primary N) is 1. The van der Waals surface area contributed by atoms with Gasteiger partial charge < -0.3 is 10.5 Å². The topological polar surface area (TPSA) is 68.5 Å². The second-order valence-electron chi connectivity index (χ2n) is 6.96. The Bertz CT molecular complexity index is 541. The van der Waals surface area contributed by atoms with E-state index in [9.17, 15) is 4.79 Å². The van der Waals surface area contributed by atoms with Gasteiger partial charge in [0.15, 0.2) is 0 Å². The van der Waals surface area contributed by atoms with Gasteiger partial charge in [0.05, 0.1) is 12.0 Å². The van der Waals surface area contributed by atoms with Crippen molar-refractivity contribution in [2.75, 3.05) is 19.7 Å². The van der Waals surface area contributed by atoms with E-state index >= 15 is 0 Å². The highest BCUT2D eigenvalue weighted by Crippen LogP contribution is 2.31. The molecule has 5 nitrogen and oxygen atoms in total. The fraction of sp³-hybridized carbons (Fsp3) is 0.667. The molecule has 23 heavy (non-hydrogen) atoms. The maximum Gasteiger partial charge on any atom is 0.223 e. The minimum Gasteiger partial charge on any atom is -0.377 e. The van der Waals surface area contributed by atoms with E-state index in [2.05, 4.69) is 22.9 Å². The Balaban J connectivity index is 1.47. The summed E-state index contributed by atoms with van der Waals surface area (Å²) >= 11 is 0. The second-order valence-corrected chi connectivity index (χ2v) is 6.96. The molecular weight excluding hydrogens is 290 g/mol. The normalized spacial score (nSPS) is 26.5. The van der Waals surface area contributed by atoms with Gasteiger partial charge in [0.1, 0.15) is 0 Å². The Labute approximate surface area is 138 Å². The molecule has 0 radical (unpaired) electrons. The molecule has 3 heterocycles. The van der Waals surface area contributed by atoms with E-state index < -0.39 is 0 Å². The van der Waals surface area contributed by atoms with Crippen molar-refractivity contribution in [2.45, 2.75) is 45.3 Å². The molecule has 2 fully saturated rings. The van der Waals surface area contributed by atoms with Gasteiger partial charge in [0.25, 0.3) is 0 Å². The molecule has 0 bridgehead atoms. The summed E-state index contributed by atoms with van der Waals surface area (Å²) < 4.78 is 5.75. The van der Waals surface area contributed by atoms with Gasteiger partial charge in [-0.15, -0.1) is 0 Å². The van der Waals surface area contributed by atoms with E-state index in [0.717, 1.165) is 32.5 Å². The molecule has 0 aromatic carbocycles. The molecule has 0 saturated carbocycles. The number of likely N-dealkylation sites (tertiary alicyclic amines) is 1. The number of carbonyl (C=O) groups excluding carboxylic acids is 1. The molecule has 2 saturated heterocycles. The number of hydrogen-bond acceptors (Lipinski definition) is 4. The number of piperidine rings is 1. The molecule has 2 N–H and O–H groups in total. The van der Waals surface area contributed by atoms with Crippen molar-refractivity contribution in [3.8, 4) is 0 Å². The summed E-state index contributed by atoms with van der Waals surface area (Å²) in [6, 6.07) is 2.07. The van der Waals surface area contributed by atoms with Gasteiger partial charge in [-0.1, -0.05) is 0 Å². The quantitative estimate of drug-likeness (QED) is 0.900. The van der Waals surface area contributed by atoms with Crippen LogP contribution in [0.25, 0.3) is 0 Å². The zero-order valence-electron chi connectivity index (χ0n) is 13.9. The van der Waals surface area contributed by atoms with Crippen molar-refractivity contribution in [1.29, 1.82) is 0 Å². The van der Waals surface area contributed by atoms with Crippen LogP contribution in [0.4, 0.5) is 0 Å². The van der Waals surface area contributed by atoms with E-state index in [1.807, 2.05) is 12.4 Å². The van der Waals surface area contributed by atoms with Crippen LogP contribution in [-0.4, -0.2) is 41.6 Å². The van der Waals surface area contributed by atoms with Crippen molar-refractivity contribution in [2.24, 2.45) is 17.6 Å². The van der Waals surface area contributed by atoms with Gasteiger partial charge >= 0.3 is 0 Å². The SMILES string of the molecule is Cc1ccncc1CN1CCC(C[C@H]2OCC[C@H]2C(N)=O)CC1. The van der Waals surface area contributed by atoms with Crippen molar-refractivity contribution in [3.05, 3.63) is 29.6 Å². The van der Waals surface area contributed by atoms with Crippen LogP contribution < -0.4 is 5.73 Å². The number of aryl methyl sites for hydroxylation is 1. The van der Waals surface area contributed by atoms with Gasteiger partial charge in [-0.25, -0.2) is 0 Å². The predicted octanol–water partition coefficient (Wildman–Crippen LogP) is 1.88. The van der Waals surface area contributed by atoms with E-state index in [1.165, 1.54) is 24.0 Å². The maximum absolute atomic E-state index is 11.5. The molecule has 0 spiro atoms. The zero-order chi connectivity index (χ0) is 16.2. The molecule has 1 aromatic heterocycles. The summed E-state index contributed by atoms with van der Waals surface area (Å²) in [5, 5.41) is 0. The van der Waals surface area contributed by atoms with Crippen molar-refractivity contribution >= 4 is 5.91 Å². The van der Waals surface area contributed by atoms with Gasteiger partial charge in [-0.3, -0.25) is 14.7 Å². The Morgan fingerprint density at radius 1 is 1.39 bits per heavy atom. The van der Waals surface area contributed by atoms with E-state index in [0.29, 0.717) is 12.5 Å². The number of amides is 1. The highest BCUT2D eigenvalue weighted by molar-refractivity contribution is 5.77. The Morgan fingerprint density at radius 3 is 2.87 bits per heavy atom. The van der Waals surface area contributed by atoms with Crippen molar-refractivity contribution in [1.82, 2.24) is 9.88 Å². The Hall–Kier alpha value is -1.46. The first-order valence-corrected chi connectivity index (χ1v) is 8.66. The lowest BCUT2D eigenvalue weighted by atomic mass is 9.86. The van der Waals surface area contributed by atoms with Crippen molar-refractivity contribution in [3.63, 3.8) is 0 Å². The number of hydrogen-bond donors (Lipinski definition) is 1. The first-order chi connectivity index (χ1) is 11.1. The van der Waals surface area contributed by atoms with Gasteiger partial charge in [0, 0.05) is 25.5 Å². The van der Waals surface area contributed by atoms with Crippen LogP contribution in [-0.2, 0) is 16.1 Å². The fourth-order valence-corrected chi connectivity index (χ4v) is 3.82. The molecule has 2 aliphatic rings. The van der Waals surface area contributed by atoms with Gasteiger partial charge in [-0.2, -0.15) is 0 Å². The van der Waals surface area contributed by atoms with Crippen LogP contribution in [0.1, 0.15) is 36.8 Å². The molecule has 5 heteroatoms. The monoisotopic (exact) mass is 317 g/mol. The second kappa shape index (κ2) is 7.41. The Morgan fingerprint density at radius 2 is 2.17 bits per heavy atom. The molecule has 1 amide bonds. The highest BCUT2D eigenvalue weighted by Gasteiger charge is 2.35. The molecule has 2 aliphatic heterocycles. The lowest BCUT2D eigenvalue weighted by Gasteiger charge is -2.33. The molecule has 2 atom stereocenters. The summed E-state index contributed by atoms with van der Waals surface area (Å²) in [6.45, 7) is 6.01. The first-order valence-electron chi connectivity index (χ1n) is 8.66. The number of pyridine rings is 1. The largest absolute Gasteiger partial charge is 0.377 e. The molecule has 3 rings (SSSR count). The minimum absolute atomic E-state index is 0.0459. The van der Waals surface area contributed by atoms with Crippen molar-refractivity contribution < 1.29 is 9.53 Å². The number of nitrogens with zero attached hydrogens (tertiary/aromatic N) is 2. The average Bonchev–Trinajstić information content (AvgIpc) is 3.00. The third-order valence-corrected chi connectivity index (χ3v) is 5.39.